The van der Waals surface area contributed by atoms with Gasteiger partial charge in [0.1, 0.15) is 19.1 Å². The zero-order chi connectivity index (χ0) is 38.6. The molecule has 10 heteroatoms. The molecule has 0 aliphatic carbocycles. The zero-order valence-electron chi connectivity index (χ0n) is 34.2. The van der Waals surface area contributed by atoms with Crippen molar-refractivity contribution in [2.24, 2.45) is 5.89 Å². The molecule has 1 aliphatic rings. The molecule has 2 unspecified atom stereocenters. The maximum atomic E-state index is 13.7. The topological polar surface area (TPSA) is 97.6 Å². The quantitative estimate of drug-likeness (QED) is 0.518. The predicted molar refractivity (Wildman–Crippen MR) is 135 cm³/mol. The number of carbonyl (C=O) groups excluding carboxylic acids is 1. The number of hydrogen-bond acceptors (Lipinski definition) is 7. The number of carbonyl (C=O) groups is 1. The molecule has 4 rings (SSSR count). The number of anilines is 1. The minimum atomic E-state index is -4.56. The van der Waals surface area contributed by atoms with Gasteiger partial charge in [-0.1, -0.05) is 24.5 Å². The van der Waals surface area contributed by atoms with E-state index in [1.165, 1.54) is 45.0 Å². The fourth-order valence-corrected chi connectivity index (χ4v) is 4.38. The molecule has 188 valence electrons. The van der Waals surface area contributed by atoms with Crippen LogP contribution >= 0.6 is 0 Å². The first kappa shape index (κ1) is 12.2. The van der Waals surface area contributed by atoms with Gasteiger partial charge in [0, 0.05) is 41.2 Å². The summed E-state index contributed by atoms with van der Waals surface area (Å²) in [6.45, 7) is -11.1. The molecule has 0 bridgehead atoms. The minimum Gasteiger partial charge on any atom is -0.444 e. The molecule has 0 N–H and O–H groups in total. The third-order valence-corrected chi connectivity index (χ3v) is 6.40. The van der Waals surface area contributed by atoms with Crippen molar-refractivity contribution in [2.45, 2.75) is 57.4 Å². The molecular formula is C25H33N5O4S. The monoisotopic (exact) mass is 514 g/mol. The van der Waals surface area contributed by atoms with Gasteiger partial charge in [0.2, 0.25) is 0 Å². The number of likely N-dealkylation sites (tertiary alicyclic amines) is 1. The summed E-state index contributed by atoms with van der Waals surface area (Å²) in [5.41, 5.74) is -1.52. The van der Waals surface area contributed by atoms with Gasteiger partial charge in [-0.2, -0.15) is 0 Å². The molecule has 1 fully saturated rings. The number of benzene rings is 1. The Balaban J connectivity index is 2.19. The van der Waals surface area contributed by atoms with Gasteiger partial charge in [-0.05, 0) is 58.2 Å². The van der Waals surface area contributed by atoms with E-state index < -0.39 is 99.8 Å². The summed E-state index contributed by atoms with van der Waals surface area (Å²) >= 11 is 0. The SMILES string of the molecule is [2H]c1nc(N(C([2H])([2H])[2H])C2([2H])C([2H])([2H])N(C(=O)OC(C)(C)C)C([2H])([2H])C([2H])([2H])C2([2H])C([2H])([2H])[2H])c2ccn(S(=O)(=O)c3ccc(C)cc3)c2n1. The lowest BCUT2D eigenvalue weighted by Crippen LogP contribution is -2.53. The Morgan fingerprint density at radius 3 is 2.69 bits per heavy atom. The van der Waals surface area contributed by atoms with E-state index in [0.29, 0.717) is 9.54 Å². The first-order valence-corrected chi connectivity index (χ1v) is 11.7. The van der Waals surface area contributed by atoms with Gasteiger partial charge in [0.15, 0.2) is 5.65 Å². The summed E-state index contributed by atoms with van der Waals surface area (Å²) in [5, 5.41) is -0.638. The minimum absolute atomic E-state index is 0.281. The van der Waals surface area contributed by atoms with E-state index in [0.717, 1.165) is 12.3 Å². The summed E-state index contributed by atoms with van der Waals surface area (Å²) in [5.74, 6) is -5.68. The second-order valence-electron chi connectivity index (χ2n) is 8.54. The lowest BCUT2D eigenvalue weighted by molar-refractivity contribution is 0.0165. The first-order valence-electron chi connectivity index (χ1n) is 17.7. The van der Waals surface area contributed by atoms with Gasteiger partial charge in [-0.25, -0.2) is 27.2 Å². The number of rotatable bonds is 4. The lowest BCUT2D eigenvalue weighted by atomic mass is 9.92. The number of nitrogens with zero attached hydrogens (tertiary/aromatic N) is 5. The van der Waals surface area contributed by atoms with Crippen LogP contribution in [0.3, 0.4) is 0 Å². The van der Waals surface area contributed by atoms with Crippen molar-refractivity contribution >= 4 is 33.0 Å². The number of likely N-dealkylation sites (N-methyl/N-ethyl adjacent to an activating group) is 1. The van der Waals surface area contributed by atoms with Gasteiger partial charge in [0.05, 0.1) is 20.4 Å². The van der Waals surface area contributed by atoms with Crippen LogP contribution in [0.5, 0.6) is 0 Å². The van der Waals surface area contributed by atoms with Gasteiger partial charge in [-0.3, -0.25) is 0 Å². The fraction of sp³-hybridized carbons (Fsp3) is 0.480. The highest BCUT2D eigenvalue weighted by Crippen LogP contribution is 2.31. The normalized spacial score (nSPS) is 34.6. The molecule has 1 aliphatic heterocycles. The van der Waals surface area contributed by atoms with E-state index >= 15 is 0 Å². The van der Waals surface area contributed by atoms with Crippen LogP contribution in [-0.2, 0) is 14.8 Å². The van der Waals surface area contributed by atoms with Gasteiger partial charge in [0.25, 0.3) is 10.0 Å². The smallest absolute Gasteiger partial charge is 0.410 e. The lowest BCUT2D eigenvalue weighted by Gasteiger charge is -2.42. The van der Waals surface area contributed by atoms with E-state index in [1.807, 2.05) is 0 Å². The second kappa shape index (κ2) is 9.14. The Labute approximate surface area is 227 Å². The van der Waals surface area contributed by atoms with E-state index in [4.69, 9.17) is 23.9 Å². The molecular weight excluding hydrogens is 466 g/mol. The van der Waals surface area contributed by atoms with Crippen LogP contribution in [0.15, 0.2) is 47.7 Å². The van der Waals surface area contributed by atoms with Crippen LogP contribution in [0.2, 0.25) is 0 Å². The van der Waals surface area contributed by atoms with Gasteiger partial charge < -0.3 is 14.5 Å². The van der Waals surface area contributed by atoms with Crippen molar-refractivity contribution in [3.05, 3.63) is 48.4 Å². The van der Waals surface area contributed by atoms with Crippen molar-refractivity contribution in [2.75, 3.05) is 24.9 Å². The molecule has 9 nitrogen and oxygen atoms in total. The third-order valence-electron chi connectivity index (χ3n) is 4.72. The average molecular weight is 515 g/mol. The zero-order valence-corrected chi connectivity index (χ0v) is 20.1. The number of piperidine rings is 1. The standard InChI is InChI=1S/C25H33N5O4S/c1-17-7-9-19(10-8-17)35(32,33)30-14-12-20-22(26-16-27-23(20)30)28(6)21-15-29(13-11-18(21)2)24(31)34-25(3,4)5/h7-10,12,14,16,18,21H,11,13,15H2,1-6H3/i2D3,6D3,11D2,13D2,15D2,16D,18D,21D. The Bertz CT molecular complexity index is 1940. The Kier molecular flexibility index (Phi) is 3.19. The highest BCUT2D eigenvalue weighted by atomic mass is 32.2. The van der Waals surface area contributed by atoms with E-state index in [9.17, 15) is 14.6 Å². The maximum Gasteiger partial charge on any atom is 0.410 e. The molecule has 0 saturated carbocycles. The van der Waals surface area contributed by atoms with Crippen molar-refractivity contribution in [1.82, 2.24) is 18.8 Å². The highest BCUT2D eigenvalue weighted by molar-refractivity contribution is 7.90. The molecule has 0 radical (unpaired) electrons. The van der Waals surface area contributed by atoms with Crippen LogP contribution in [0.1, 0.15) is 60.1 Å². The number of aromatic nitrogens is 3. The molecule has 2 aromatic heterocycles. The molecule has 3 aromatic rings. The van der Waals surface area contributed by atoms with Crippen LogP contribution in [-0.4, -0.2) is 64.9 Å². The van der Waals surface area contributed by atoms with Crippen LogP contribution in [0.4, 0.5) is 10.6 Å². The number of fused-ring (bicyclic) bond motifs is 1. The molecule has 2 atom stereocenters. The molecule has 0 spiro atoms. The largest absolute Gasteiger partial charge is 0.444 e. The Hall–Kier alpha value is -3.14. The first-order chi connectivity index (χ1) is 22.2. The third kappa shape index (κ3) is 4.98. The van der Waals surface area contributed by atoms with E-state index in [-0.39, 0.29) is 4.90 Å². The van der Waals surface area contributed by atoms with Crippen LogP contribution in [0, 0.1) is 12.8 Å². The molecule has 1 aromatic carbocycles. The number of aryl methyl sites for hydroxylation is 1. The summed E-state index contributed by atoms with van der Waals surface area (Å²) < 4.78 is 163. The molecule has 1 amide bonds. The number of amides is 1. The number of ether oxygens (including phenoxy) is 1. The summed E-state index contributed by atoms with van der Waals surface area (Å²) in [7, 11) is -4.56. The van der Waals surface area contributed by atoms with Crippen molar-refractivity contribution < 1.29 is 38.5 Å². The fourth-order valence-electron chi connectivity index (χ4n) is 3.09. The van der Waals surface area contributed by atoms with Crippen LogP contribution in [0.25, 0.3) is 11.0 Å². The maximum absolute atomic E-state index is 13.7. The molecule has 3 heterocycles. The second-order valence-corrected chi connectivity index (χ2v) is 10.4. The Morgan fingerprint density at radius 1 is 1.29 bits per heavy atom. The van der Waals surface area contributed by atoms with Crippen LogP contribution < -0.4 is 4.90 Å². The van der Waals surface area contributed by atoms with E-state index in [2.05, 4.69) is 9.97 Å². The molecule has 35 heavy (non-hydrogen) atoms. The molecule has 1 saturated heterocycles. The van der Waals surface area contributed by atoms with Crippen molar-refractivity contribution in [1.29, 1.82) is 0 Å². The summed E-state index contributed by atoms with van der Waals surface area (Å²) in [6.07, 6.45) is -6.55. The van der Waals surface area contributed by atoms with Crippen molar-refractivity contribution in [3.63, 3.8) is 0 Å². The van der Waals surface area contributed by atoms with Crippen molar-refractivity contribution in [3.8, 4) is 0 Å². The summed E-state index contributed by atoms with van der Waals surface area (Å²) in [6, 6.07) is 1.91. The number of hydrogen-bond donors (Lipinski definition) is 0. The van der Waals surface area contributed by atoms with Gasteiger partial charge >= 0.3 is 6.09 Å². The highest BCUT2D eigenvalue weighted by Gasteiger charge is 2.35. The van der Waals surface area contributed by atoms with Gasteiger partial charge in [-0.15, -0.1) is 0 Å². The van der Waals surface area contributed by atoms with E-state index in [1.54, 1.807) is 6.92 Å². The average Bonchev–Trinajstić information content (AvgIpc) is 3.34. The Morgan fingerprint density at radius 2 is 2.03 bits per heavy atom. The summed E-state index contributed by atoms with van der Waals surface area (Å²) in [4.78, 5) is 19.7. The predicted octanol–water partition coefficient (Wildman–Crippen LogP) is 4.06.